The fourth-order valence-corrected chi connectivity index (χ4v) is 2.99. The van der Waals surface area contributed by atoms with Gasteiger partial charge < -0.3 is 14.8 Å². The second-order valence-corrected chi connectivity index (χ2v) is 6.44. The summed E-state index contributed by atoms with van der Waals surface area (Å²) in [6.45, 7) is 1.38. The van der Waals surface area contributed by atoms with E-state index in [0.29, 0.717) is 11.3 Å². The van der Waals surface area contributed by atoms with Crippen molar-refractivity contribution in [3.05, 3.63) is 53.5 Å². The molecule has 0 bridgehead atoms. The molecule has 7 nitrogen and oxygen atoms in total. The van der Waals surface area contributed by atoms with E-state index in [1.165, 1.54) is 19.1 Å². The van der Waals surface area contributed by atoms with Gasteiger partial charge in [0, 0.05) is 29.0 Å². The number of benzene rings is 1. The molecule has 0 aliphatic heterocycles. The highest BCUT2D eigenvalue weighted by atomic mass is 32.2. The molecule has 1 aromatic carbocycles. The van der Waals surface area contributed by atoms with Crippen LogP contribution in [0.5, 0.6) is 0 Å². The highest BCUT2D eigenvalue weighted by Crippen LogP contribution is 2.13. The zero-order valence-electron chi connectivity index (χ0n) is 12.8. The first kappa shape index (κ1) is 17.6. The molecule has 2 N–H and O–H groups in total. The lowest BCUT2D eigenvalue weighted by Crippen LogP contribution is -2.12. The number of carboxylic acids is 1. The monoisotopic (exact) mass is 349 g/mol. The lowest BCUT2D eigenvalue weighted by molar-refractivity contribution is -0.114. The Morgan fingerprint density at radius 2 is 1.79 bits per heavy atom. The van der Waals surface area contributed by atoms with Crippen molar-refractivity contribution < 1.29 is 28.1 Å². The number of hydrogen-bond donors (Lipinski definition) is 2. The van der Waals surface area contributed by atoms with E-state index in [0.717, 1.165) is 0 Å². The predicted octanol–water partition coefficient (Wildman–Crippen LogP) is 2.07. The molecule has 24 heavy (non-hydrogen) atoms. The minimum atomic E-state index is -1.52. The summed E-state index contributed by atoms with van der Waals surface area (Å²) in [4.78, 5) is 33.7. The van der Waals surface area contributed by atoms with Gasteiger partial charge in [0.15, 0.2) is 5.78 Å². The van der Waals surface area contributed by atoms with Crippen LogP contribution in [-0.4, -0.2) is 32.7 Å². The van der Waals surface area contributed by atoms with Crippen LogP contribution in [0.3, 0.4) is 0 Å². The van der Waals surface area contributed by atoms with Gasteiger partial charge in [-0.2, -0.15) is 0 Å². The van der Waals surface area contributed by atoms with E-state index < -0.39 is 16.8 Å². The van der Waals surface area contributed by atoms with Crippen LogP contribution in [0.15, 0.2) is 40.8 Å². The van der Waals surface area contributed by atoms with Gasteiger partial charge in [0.05, 0.1) is 11.5 Å². The molecule has 1 aromatic heterocycles. The molecule has 1 amide bonds. The molecule has 0 fully saturated rings. The first-order chi connectivity index (χ1) is 11.3. The van der Waals surface area contributed by atoms with Gasteiger partial charge in [-0.15, -0.1) is 0 Å². The fourth-order valence-electron chi connectivity index (χ4n) is 1.95. The third kappa shape index (κ3) is 4.88. The summed E-state index contributed by atoms with van der Waals surface area (Å²) < 4.78 is 17.0. The Balaban J connectivity index is 1.94. The third-order valence-corrected chi connectivity index (χ3v) is 4.19. The van der Waals surface area contributed by atoms with Crippen molar-refractivity contribution >= 4 is 34.1 Å². The number of carboxylic acid groups (broad SMARTS) is 1. The molecule has 0 saturated heterocycles. The van der Waals surface area contributed by atoms with Crippen molar-refractivity contribution in [3.8, 4) is 0 Å². The normalized spacial score (nSPS) is 11.7. The summed E-state index contributed by atoms with van der Waals surface area (Å²) in [5, 5.41) is 11.3. The van der Waals surface area contributed by atoms with Gasteiger partial charge in [0.2, 0.25) is 11.7 Å². The Morgan fingerprint density at radius 3 is 2.33 bits per heavy atom. The standard InChI is InChI=1S/C16H15NO6S/c1-10(18)17-12-4-2-11(3-5-12)14(19)9-24(22)8-13-6-7-15(23-13)16(20)21/h2-7H,8-9H2,1H3,(H,17,18)(H,20,21). The first-order valence-electron chi connectivity index (χ1n) is 6.93. The summed E-state index contributed by atoms with van der Waals surface area (Å²) in [5.41, 5.74) is 0.945. The summed E-state index contributed by atoms with van der Waals surface area (Å²) in [6.07, 6.45) is 0. The zero-order chi connectivity index (χ0) is 17.7. The maximum absolute atomic E-state index is 12.1. The van der Waals surface area contributed by atoms with Crippen molar-refractivity contribution in [3.63, 3.8) is 0 Å². The molecule has 8 heteroatoms. The highest BCUT2D eigenvalue weighted by Gasteiger charge is 2.15. The van der Waals surface area contributed by atoms with Gasteiger partial charge >= 0.3 is 5.97 Å². The van der Waals surface area contributed by atoms with Crippen LogP contribution in [0.4, 0.5) is 5.69 Å². The molecule has 0 saturated carbocycles. The van der Waals surface area contributed by atoms with Crippen molar-refractivity contribution in [1.82, 2.24) is 0 Å². The summed E-state index contributed by atoms with van der Waals surface area (Å²) in [6, 6.07) is 8.96. The molecule has 1 atom stereocenters. The Kier molecular flexibility index (Phi) is 5.64. The largest absolute Gasteiger partial charge is 0.475 e. The number of aromatic carboxylic acids is 1. The van der Waals surface area contributed by atoms with E-state index in [-0.39, 0.29) is 34.7 Å². The second kappa shape index (κ2) is 7.69. The van der Waals surface area contributed by atoms with E-state index in [4.69, 9.17) is 9.52 Å². The molecule has 2 aromatic rings. The van der Waals surface area contributed by atoms with Gasteiger partial charge in [-0.3, -0.25) is 13.8 Å². The Bertz CT molecular complexity index is 793. The number of Topliss-reactive ketones (excluding diaryl/α,β-unsaturated/α-hetero) is 1. The van der Waals surface area contributed by atoms with Crippen LogP contribution in [0.1, 0.15) is 33.6 Å². The van der Waals surface area contributed by atoms with Gasteiger partial charge in [0.25, 0.3) is 0 Å². The zero-order valence-corrected chi connectivity index (χ0v) is 13.6. The third-order valence-electron chi connectivity index (χ3n) is 3.00. The molecule has 0 aliphatic rings. The van der Waals surface area contributed by atoms with Crippen molar-refractivity contribution in [1.29, 1.82) is 0 Å². The molecule has 1 unspecified atom stereocenters. The lowest BCUT2D eigenvalue weighted by Gasteiger charge is -2.04. The van der Waals surface area contributed by atoms with E-state index in [1.807, 2.05) is 0 Å². The molecule has 0 spiro atoms. The van der Waals surface area contributed by atoms with Crippen molar-refractivity contribution in [2.24, 2.45) is 0 Å². The minimum Gasteiger partial charge on any atom is -0.475 e. The molecular weight excluding hydrogens is 334 g/mol. The first-order valence-corrected chi connectivity index (χ1v) is 8.42. The van der Waals surface area contributed by atoms with E-state index >= 15 is 0 Å². The van der Waals surface area contributed by atoms with Crippen LogP contribution in [-0.2, 0) is 21.3 Å². The molecule has 2 rings (SSSR count). The maximum atomic E-state index is 12.1. The molecule has 1 heterocycles. The van der Waals surface area contributed by atoms with Gasteiger partial charge in [-0.05, 0) is 36.4 Å². The van der Waals surface area contributed by atoms with Crippen LogP contribution in [0.25, 0.3) is 0 Å². The maximum Gasteiger partial charge on any atom is 0.371 e. The van der Waals surface area contributed by atoms with Crippen molar-refractivity contribution in [2.45, 2.75) is 12.7 Å². The van der Waals surface area contributed by atoms with Gasteiger partial charge in [-0.1, -0.05) is 0 Å². The Labute approximate surface area is 140 Å². The number of carbonyl (C=O) groups excluding carboxylic acids is 2. The number of rotatable bonds is 7. The topological polar surface area (TPSA) is 114 Å². The van der Waals surface area contributed by atoms with Crippen LogP contribution in [0.2, 0.25) is 0 Å². The summed E-state index contributed by atoms with van der Waals surface area (Å²) in [7, 11) is -1.52. The molecule has 126 valence electrons. The Morgan fingerprint density at radius 1 is 1.12 bits per heavy atom. The fraction of sp³-hybridized carbons (Fsp3) is 0.188. The Hall–Kier alpha value is -2.74. The number of carbonyl (C=O) groups is 3. The number of anilines is 1. The number of hydrogen-bond acceptors (Lipinski definition) is 5. The van der Waals surface area contributed by atoms with Crippen LogP contribution in [0, 0.1) is 0 Å². The molecule has 0 radical (unpaired) electrons. The average molecular weight is 349 g/mol. The number of furan rings is 1. The van der Waals surface area contributed by atoms with Crippen LogP contribution < -0.4 is 5.32 Å². The van der Waals surface area contributed by atoms with E-state index in [1.54, 1.807) is 24.3 Å². The number of ketones is 1. The number of nitrogens with one attached hydrogen (secondary N) is 1. The van der Waals surface area contributed by atoms with E-state index in [2.05, 4.69) is 5.32 Å². The number of amides is 1. The molecule has 0 aliphatic carbocycles. The van der Waals surface area contributed by atoms with Crippen molar-refractivity contribution in [2.75, 3.05) is 11.1 Å². The van der Waals surface area contributed by atoms with Gasteiger partial charge in [0.1, 0.15) is 5.76 Å². The highest BCUT2D eigenvalue weighted by molar-refractivity contribution is 7.85. The minimum absolute atomic E-state index is 0.0387. The lowest BCUT2D eigenvalue weighted by atomic mass is 10.1. The second-order valence-electron chi connectivity index (χ2n) is 4.98. The molecular formula is C16H15NO6S. The van der Waals surface area contributed by atoms with Gasteiger partial charge in [-0.25, -0.2) is 4.79 Å². The summed E-state index contributed by atoms with van der Waals surface area (Å²) in [5.74, 6) is -1.96. The summed E-state index contributed by atoms with van der Waals surface area (Å²) >= 11 is 0. The van der Waals surface area contributed by atoms with E-state index in [9.17, 15) is 18.6 Å². The predicted molar refractivity (Wildman–Crippen MR) is 87.5 cm³/mol. The SMILES string of the molecule is CC(=O)Nc1ccc(C(=O)CS(=O)Cc2ccc(C(=O)O)o2)cc1. The quantitative estimate of drug-likeness (QED) is 0.740. The average Bonchev–Trinajstić information content (AvgIpc) is 2.95. The van der Waals surface area contributed by atoms with Crippen LogP contribution >= 0.6 is 0 Å². The smallest absolute Gasteiger partial charge is 0.371 e.